The van der Waals surface area contributed by atoms with Gasteiger partial charge in [0, 0.05) is 43.9 Å². The van der Waals surface area contributed by atoms with Gasteiger partial charge in [-0.3, -0.25) is 14.6 Å². The molecule has 0 aliphatic rings. The van der Waals surface area contributed by atoms with E-state index >= 15 is 0 Å². The van der Waals surface area contributed by atoms with Crippen molar-refractivity contribution < 1.29 is 9.59 Å². The minimum absolute atomic E-state index is 0.207. The van der Waals surface area contributed by atoms with Crippen molar-refractivity contribution in [2.75, 3.05) is 5.32 Å². The number of nitrogens with zero attached hydrogens (tertiary/aromatic N) is 3. The first-order valence-corrected chi connectivity index (χ1v) is 10.5. The molecule has 2 aromatic heterocycles. The van der Waals surface area contributed by atoms with Crippen molar-refractivity contribution in [1.82, 2.24) is 19.9 Å². The highest BCUT2D eigenvalue weighted by Crippen LogP contribution is 2.26. The minimum Gasteiger partial charge on any atom is -0.348 e. The molecule has 4 rings (SSSR count). The molecule has 2 N–H and O–H groups in total. The lowest BCUT2D eigenvalue weighted by Crippen LogP contribution is -2.23. The van der Waals surface area contributed by atoms with Crippen LogP contribution >= 0.6 is 0 Å². The first kappa shape index (κ1) is 21.2. The van der Waals surface area contributed by atoms with E-state index in [-0.39, 0.29) is 11.8 Å². The quantitative estimate of drug-likeness (QED) is 0.469. The molecule has 0 aliphatic carbocycles. The molecule has 0 unspecified atom stereocenters. The maximum Gasteiger partial charge on any atom is 0.251 e. The Labute approximate surface area is 186 Å². The largest absolute Gasteiger partial charge is 0.348 e. The summed E-state index contributed by atoms with van der Waals surface area (Å²) in [5.41, 5.74) is 5.60. The number of amides is 2. The number of aryl methyl sites for hydroxylation is 3. The molecule has 0 aliphatic heterocycles. The monoisotopic (exact) mass is 427 g/mol. The number of carbonyl (C=O) groups excluding carboxylic acids is 2. The van der Waals surface area contributed by atoms with E-state index in [1.165, 1.54) is 6.92 Å². The summed E-state index contributed by atoms with van der Waals surface area (Å²) in [4.78, 5) is 33.6. The summed E-state index contributed by atoms with van der Waals surface area (Å²) in [5, 5.41) is 5.82. The maximum absolute atomic E-state index is 12.9. The number of imidazole rings is 1. The average molecular weight is 428 g/mol. The molecule has 0 radical (unpaired) electrons. The molecular formula is C25H25N5O2. The number of anilines is 1. The van der Waals surface area contributed by atoms with E-state index in [4.69, 9.17) is 0 Å². The maximum atomic E-state index is 12.9. The molecule has 0 saturated carbocycles. The van der Waals surface area contributed by atoms with Crippen LogP contribution in [0.5, 0.6) is 0 Å². The molecule has 162 valence electrons. The molecule has 0 spiro atoms. The summed E-state index contributed by atoms with van der Waals surface area (Å²) in [5.74, 6) is -0.425. The molecule has 2 aromatic carbocycles. The zero-order chi connectivity index (χ0) is 22.5. The summed E-state index contributed by atoms with van der Waals surface area (Å²) >= 11 is 0. The number of carbonyl (C=O) groups is 2. The highest BCUT2D eigenvalue weighted by Gasteiger charge is 2.16. The number of nitrogens with one attached hydrogen (secondary N) is 2. The average Bonchev–Trinajstić information content (AvgIpc) is 3.20. The van der Waals surface area contributed by atoms with E-state index in [1.54, 1.807) is 24.7 Å². The number of rotatable bonds is 7. The molecule has 0 saturated heterocycles. The highest BCUT2D eigenvalue weighted by atomic mass is 16.2. The second kappa shape index (κ2) is 9.43. The van der Waals surface area contributed by atoms with Gasteiger partial charge in [0.2, 0.25) is 5.91 Å². The summed E-state index contributed by atoms with van der Waals surface area (Å²) in [6.45, 7) is 4.54. The van der Waals surface area contributed by atoms with Crippen LogP contribution in [0.15, 0.2) is 67.1 Å². The van der Waals surface area contributed by atoms with Gasteiger partial charge in [0.1, 0.15) is 0 Å². The van der Waals surface area contributed by atoms with Crippen molar-refractivity contribution in [2.45, 2.75) is 33.4 Å². The van der Waals surface area contributed by atoms with Gasteiger partial charge in [-0.05, 0) is 42.3 Å². The van der Waals surface area contributed by atoms with Crippen molar-refractivity contribution in [3.05, 3.63) is 89.5 Å². The third-order valence-corrected chi connectivity index (χ3v) is 5.32. The molecule has 32 heavy (non-hydrogen) atoms. The predicted octanol–water partition coefficient (Wildman–Crippen LogP) is 3.87. The van der Waals surface area contributed by atoms with Crippen molar-refractivity contribution in [3.8, 4) is 0 Å². The van der Waals surface area contributed by atoms with Crippen molar-refractivity contribution in [3.63, 3.8) is 0 Å². The van der Waals surface area contributed by atoms with E-state index < -0.39 is 0 Å². The number of hydrogen-bond donors (Lipinski definition) is 2. The molecule has 0 fully saturated rings. The Bertz CT molecular complexity index is 1260. The van der Waals surface area contributed by atoms with Crippen LogP contribution in [0.2, 0.25) is 0 Å². The lowest BCUT2D eigenvalue weighted by atomic mass is 10.1. The molecule has 0 bridgehead atoms. The van der Waals surface area contributed by atoms with E-state index in [0.717, 1.165) is 28.8 Å². The summed E-state index contributed by atoms with van der Waals surface area (Å²) in [7, 11) is 0. The fourth-order valence-electron chi connectivity index (χ4n) is 3.66. The normalized spacial score (nSPS) is 10.8. The second-order valence-electron chi connectivity index (χ2n) is 7.69. The van der Waals surface area contributed by atoms with Crippen molar-refractivity contribution in [2.24, 2.45) is 0 Å². The van der Waals surface area contributed by atoms with E-state index in [9.17, 15) is 9.59 Å². The van der Waals surface area contributed by atoms with Gasteiger partial charge >= 0.3 is 0 Å². The molecule has 0 atom stereocenters. The lowest BCUT2D eigenvalue weighted by molar-refractivity contribution is -0.114. The Hall–Kier alpha value is -4.00. The molecule has 2 heterocycles. The van der Waals surface area contributed by atoms with Gasteiger partial charge in [-0.2, -0.15) is 0 Å². The van der Waals surface area contributed by atoms with Crippen LogP contribution in [0.1, 0.15) is 34.1 Å². The van der Waals surface area contributed by atoms with E-state index in [2.05, 4.69) is 20.6 Å². The van der Waals surface area contributed by atoms with Crippen LogP contribution < -0.4 is 10.6 Å². The Morgan fingerprint density at radius 2 is 1.84 bits per heavy atom. The minimum atomic E-state index is -0.218. The topological polar surface area (TPSA) is 88.9 Å². The number of benzene rings is 2. The van der Waals surface area contributed by atoms with Gasteiger partial charge in [0.05, 0.1) is 23.0 Å². The summed E-state index contributed by atoms with van der Waals surface area (Å²) in [6.07, 6.45) is 4.23. The third-order valence-electron chi connectivity index (χ3n) is 5.32. The second-order valence-corrected chi connectivity index (χ2v) is 7.69. The highest BCUT2D eigenvalue weighted by molar-refractivity contribution is 6.05. The number of pyridine rings is 1. The summed E-state index contributed by atoms with van der Waals surface area (Å²) in [6, 6.07) is 17.2. The van der Waals surface area contributed by atoms with Crippen LogP contribution in [0, 0.1) is 6.92 Å². The van der Waals surface area contributed by atoms with Gasteiger partial charge in [0.15, 0.2) is 0 Å². The Kier molecular flexibility index (Phi) is 6.26. The smallest absolute Gasteiger partial charge is 0.251 e. The number of aromatic nitrogens is 3. The molecule has 7 nitrogen and oxygen atoms in total. The zero-order valence-corrected chi connectivity index (χ0v) is 18.1. The molecule has 7 heteroatoms. The van der Waals surface area contributed by atoms with Crippen LogP contribution in [0.25, 0.3) is 11.0 Å². The number of fused-ring (bicyclic) bond motifs is 1. The number of hydrogen-bond acceptors (Lipinski definition) is 4. The fraction of sp³-hybridized carbons (Fsp3) is 0.200. The van der Waals surface area contributed by atoms with Crippen LogP contribution in [-0.4, -0.2) is 26.3 Å². The van der Waals surface area contributed by atoms with Crippen LogP contribution in [0.4, 0.5) is 5.69 Å². The van der Waals surface area contributed by atoms with Gasteiger partial charge in [-0.15, -0.1) is 0 Å². The fourth-order valence-corrected chi connectivity index (χ4v) is 3.66. The van der Waals surface area contributed by atoms with Gasteiger partial charge in [-0.25, -0.2) is 4.98 Å². The van der Waals surface area contributed by atoms with Gasteiger partial charge in [0.25, 0.3) is 5.91 Å². The van der Waals surface area contributed by atoms with Crippen LogP contribution in [0.3, 0.4) is 0 Å². The first-order valence-electron chi connectivity index (χ1n) is 10.5. The van der Waals surface area contributed by atoms with Gasteiger partial charge in [-0.1, -0.05) is 30.3 Å². The molecule has 2 amide bonds. The predicted molar refractivity (Wildman–Crippen MR) is 124 cm³/mol. The molecule has 4 aromatic rings. The Balaban J connectivity index is 1.59. The van der Waals surface area contributed by atoms with Crippen molar-refractivity contribution >= 4 is 28.5 Å². The van der Waals surface area contributed by atoms with Crippen molar-refractivity contribution in [1.29, 1.82) is 0 Å². The first-order chi connectivity index (χ1) is 15.5. The van der Waals surface area contributed by atoms with Crippen LogP contribution in [-0.2, 0) is 24.3 Å². The molecular weight excluding hydrogens is 402 g/mol. The zero-order valence-electron chi connectivity index (χ0n) is 18.1. The third kappa shape index (κ3) is 4.83. The standard InChI is InChI=1S/C25H25N5O2/c1-17-7-3-4-8-19(17)15-27-25(32)20-13-22-24(23(14-20)29-18(2)31)30(16-28-22)12-10-21-9-5-6-11-26-21/h3-9,11,13-14,16H,10,12,15H2,1-2H3,(H,27,32)(H,29,31). The lowest BCUT2D eigenvalue weighted by Gasteiger charge is -2.12. The van der Waals surface area contributed by atoms with E-state index in [1.807, 2.05) is 54.0 Å². The Morgan fingerprint density at radius 3 is 2.59 bits per heavy atom. The Morgan fingerprint density at radius 1 is 1.03 bits per heavy atom. The van der Waals surface area contributed by atoms with E-state index in [0.29, 0.717) is 29.9 Å². The SMILES string of the molecule is CC(=O)Nc1cc(C(=O)NCc2ccccc2C)cc2ncn(CCc3ccccn3)c12. The summed E-state index contributed by atoms with van der Waals surface area (Å²) < 4.78 is 1.98. The van der Waals surface area contributed by atoms with Gasteiger partial charge < -0.3 is 15.2 Å².